The number of para-hydroxylation sites is 1. The summed E-state index contributed by atoms with van der Waals surface area (Å²) in [6.45, 7) is 6.26. The fourth-order valence-corrected chi connectivity index (χ4v) is 2.05. The monoisotopic (exact) mass is 318 g/mol. The van der Waals surface area contributed by atoms with Gasteiger partial charge in [0, 0.05) is 0 Å². The van der Waals surface area contributed by atoms with Crippen LogP contribution in [0.4, 0.5) is 0 Å². The molecule has 0 aliphatic rings. The second-order valence-corrected chi connectivity index (χ2v) is 6.37. The molecule has 116 valence electrons. The van der Waals surface area contributed by atoms with Crippen LogP contribution in [0.3, 0.4) is 0 Å². The van der Waals surface area contributed by atoms with Crippen LogP contribution >= 0.6 is 11.6 Å². The SMILES string of the molecule is CC(C)(C)c1ccc(OCC(=O)Oc2ccccc2Cl)cc1. The van der Waals surface area contributed by atoms with E-state index in [4.69, 9.17) is 21.1 Å². The second kappa shape index (κ2) is 6.84. The van der Waals surface area contributed by atoms with E-state index in [-0.39, 0.29) is 12.0 Å². The third-order valence-corrected chi connectivity index (χ3v) is 3.45. The highest BCUT2D eigenvalue weighted by Gasteiger charge is 2.13. The zero-order valence-corrected chi connectivity index (χ0v) is 13.7. The van der Waals surface area contributed by atoms with Gasteiger partial charge >= 0.3 is 5.97 Å². The van der Waals surface area contributed by atoms with Gasteiger partial charge < -0.3 is 9.47 Å². The van der Waals surface area contributed by atoms with E-state index < -0.39 is 5.97 Å². The van der Waals surface area contributed by atoms with Crippen molar-refractivity contribution in [2.24, 2.45) is 0 Å². The van der Waals surface area contributed by atoms with Gasteiger partial charge in [0.05, 0.1) is 5.02 Å². The lowest BCUT2D eigenvalue weighted by molar-refractivity contribution is -0.136. The van der Waals surface area contributed by atoms with E-state index in [1.54, 1.807) is 24.3 Å². The minimum absolute atomic E-state index is 0.0848. The first-order chi connectivity index (χ1) is 10.4. The molecule has 0 saturated carbocycles. The smallest absolute Gasteiger partial charge is 0.349 e. The molecule has 0 aliphatic heterocycles. The number of hydrogen-bond donors (Lipinski definition) is 0. The highest BCUT2D eigenvalue weighted by Crippen LogP contribution is 2.25. The average molecular weight is 319 g/mol. The van der Waals surface area contributed by atoms with E-state index in [1.807, 2.05) is 24.3 Å². The van der Waals surface area contributed by atoms with Crippen molar-refractivity contribution < 1.29 is 14.3 Å². The Bertz CT molecular complexity index is 642. The van der Waals surface area contributed by atoms with Crippen molar-refractivity contribution in [2.45, 2.75) is 26.2 Å². The molecule has 0 aliphatic carbocycles. The number of rotatable bonds is 4. The zero-order chi connectivity index (χ0) is 16.2. The van der Waals surface area contributed by atoms with Gasteiger partial charge in [-0.1, -0.05) is 56.6 Å². The minimum atomic E-state index is -0.493. The molecule has 0 bridgehead atoms. The maximum absolute atomic E-state index is 11.8. The van der Waals surface area contributed by atoms with Crippen LogP contribution in [0.15, 0.2) is 48.5 Å². The first-order valence-corrected chi connectivity index (χ1v) is 7.42. The summed E-state index contributed by atoms with van der Waals surface area (Å²) >= 11 is 5.93. The third-order valence-electron chi connectivity index (χ3n) is 3.14. The van der Waals surface area contributed by atoms with Gasteiger partial charge in [-0.25, -0.2) is 4.79 Å². The molecule has 4 heteroatoms. The number of benzene rings is 2. The van der Waals surface area contributed by atoms with Gasteiger partial charge in [0.15, 0.2) is 6.61 Å². The quantitative estimate of drug-likeness (QED) is 0.609. The number of carbonyl (C=O) groups excluding carboxylic acids is 1. The molecule has 2 rings (SSSR count). The Hall–Kier alpha value is -2.00. The fourth-order valence-electron chi connectivity index (χ4n) is 1.87. The van der Waals surface area contributed by atoms with Crippen molar-refractivity contribution in [3.8, 4) is 11.5 Å². The van der Waals surface area contributed by atoms with Gasteiger partial charge in [0.2, 0.25) is 0 Å². The fraction of sp³-hybridized carbons (Fsp3) is 0.278. The average Bonchev–Trinajstić information content (AvgIpc) is 2.47. The van der Waals surface area contributed by atoms with Crippen molar-refractivity contribution in [1.82, 2.24) is 0 Å². The molecule has 3 nitrogen and oxygen atoms in total. The maximum atomic E-state index is 11.8. The van der Waals surface area contributed by atoms with Crippen LogP contribution < -0.4 is 9.47 Å². The van der Waals surface area contributed by atoms with E-state index in [0.29, 0.717) is 16.5 Å². The highest BCUT2D eigenvalue weighted by atomic mass is 35.5. The number of hydrogen-bond acceptors (Lipinski definition) is 3. The molecule has 0 heterocycles. The van der Waals surface area contributed by atoms with E-state index in [9.17, 15) is 4.79 Å². The summed E-state index contributed by atoms with van der Waals surface area (Å²) in [7, 11) is 0. The molecule has 0 amide bonds. The van der Waals surface area contributed by atoms with Gasteiger partial charge in [0.1, 0.15) is 11.5 Å². The summed E-state index contributed by atoms with van der Waals surface area (Å²) in [5.74, 6) is 0.470. The number of esters is 1. The van der Waals surface area contributed by atoms with Crippen molar-refractivity contribution in [1.29, 1.82) is 0 Å². The zero-order valence-electron chi connectivity index (χ0n) is 12.9. The van der Waals surface area contributed by atoms with Crippen LogP contribution in [-0.2, 0) is 10.2 Å². The standard InChI is InChI=1S/C18H19ClO3/c1-18(2,3)13-8-10-14(11-9-13)21-12-17(20)22-16-7-5-4-6-15(16)19/h4-11H,12H2,1-3H3. The van der Waals surface area contributed by atoms with Crippen molar-refractivity contribution >= 4 is 17.6 Å². The first-order valence-electron chi connectivity index (χ1n) is 7.05. The largest absolute Gasteiger partial charge is 0.482 e. The molecule has 0 aromatic heterocycles. The molecule has 22 heavy (non-hydrogen) atoms. The Morgan fingerprint density at radius 2 is 1.68 bits per heavy atom. The third kappa shape index (κ3) is 4.50. The van der Waals surface area contributed by atoms with Crippen LogP contribution in [0.25, 0.3) is 0 Å². The van der Waals surface area contributed by atoms with Gasteiger partial charge in [-0.05, 0) is 35.2 Å². The molecular formula is C18H19ClO3. The molecule has 0 N–H and O–H groups in total. The number of carbonyl (C=O) groups is 1. The Kier molecular flexibility index (Phi) is 5.09. The number of halogens is 1. The lowest BCUT2D eigenvalue weighted by Crippen LogP contribution is -2.18. The summed E-state index contributed by atoms with van der Waals surface area (Å²) in [5, 5.41) is 0.394. The second-order valence-electron chi connectivity index (χ2n) is 5.97. The summed E-state index contributed by atoms with van der Waals surface area (Å²) in [6, 6.07) is 14.5. The predicted octanol–water partition coefficient (Wildman–Crippen LogP) is 4.62. The van der Waals surface area contributed by atoms with Crippen LogP contribution in [0.1, 0.15) is 26.3 Å². The van der Waals surface area contributed by atoms with Crippen LogP contribution in [-0.4, -0.2) is 12.6 Å². The molecule has 0 radical (unpaired) electrons. The Morgan fingerprint density at radius 1 is 1.05 bits per heavy atom. The highest BCUT2D eigenvalue weighted by molar-refractivity contribution is 6.32. The van der Waals surface area contributed by atoms with Gasteiger partial charge in [0.25, 0.3) is 0 Å². The normalized spacial score (nSPS) is 11.1. The predicted molar refractivity (Wildman–Crippen MR) is 87.7 cm³/mol. The minimum Gasteiger partial charge on any atom is -0.482 e. The van der Waals surface area contributed by atoms with E-state index >= 15 is 0 Å². The van der Waals surface area contributed by atoms with E-state index in [2.05, 4.69) is 20.8 Å². The van der Waals surface area contributed by atoms with Gasteiger partial charge in [-0.2, -0.15) is 0 Å². The molecule has 2 aromatic rings. The maximum Gasteiger partial charge on any atom is 0.349 e. The summed E-state index contributed by atoms with van der Waals surface area (Å²) in [5.41, 5.74) is 1.29. The number of ether oxygens (including phenoxy) is 2. The van der Waals surface area contributed by atoms with E-state index in [0.717, 1.165) is 0 Å². The molecule has 0 fully saturated rings. The molecule has 0 spiro atoms. The topological polar surface area (TPSA) is 35.5 Å². The van der Waals surface area contributed by atoms with Gasteiger partial charge in [-0.3, -0.25) is 0 Å². The molecule has 0 unspecified atom stereocenters. The van der Waals surface area contributed by atoms with Crippen molar-refractivity contribution in [2.75, 3.05) is 6.61 Å². The first kappa shape index (κ1) is 16.4. The molecule has 0 atom stereocenters. The Balaban J connectivity index is 1.90. The molecule has 2 aromatic carbocycles. The lowest BCUT2D eigenvalue weighted by Gasteiger charge is -2.19. The molecular weight excluding hydrogens is 300 g/mol. The van der Waals surface area contributed by atoms with Crippen LogP contribution in [0.2, 0.25) is 5.02 Å². The summed E-state index contributed by atoms with van der Waals surface area (Å²) in [6.07, 6.45) is 0. The Morgan fingerprint density at radius 3 is 2.27 bits per heavy atom. The summed E-state index contributed by atoms with van der Waals surface area (Å²) < 4.78 is 10.6. The van der Waals surface area contributed by atoms with E-state index in [1.165, 1.54) is 5.56 Å². The van der Waals surface area contributed by atoms with Crippen LogP contribution in [0, 0.1) is 0 Å². The Labute approximate surface area is 135 Å². The lowest BCUT2D eigenvalue weighted by atomic mass is 9.87. The molecule has 0 saturated heterocycles. The van der Waals surface area contributed by atoms with Crippen LogP contribution in [0.5, 0.6) is 11.5 Å². The van der Waals surface area contributed by atoms with Crippen molar-refractivity contribution in [3.63, 3.8) is 0 Å². The summed E-state index contributed by atoms with van der Waals surface area (Å²) in [4.78, 5) is 11.8. The van der Waals surface area contributed by atoms with Gasteiger partial charge in [-0.15, -0.1) is 0 Å². The van der Waals surface area contributed by atoms with Crippen molar-refractivity contribution in [3.05, 3.63) is 59.1 Å².